The van der Waals surface area contributed by atoms with E-state index in [1.54, 1.807) is 4.90 Å². The summed E-state index contributed by atoms with van der Waals surface area (Å²) in [4.78, 5) is 1.81. The van der Waals surface area contributed by atoms with Gasteiger partial charge in [-0.25, -0.2) is 4.39 Å². The molecule has 0 atom stereocenters. The smallest absolute Gasteiger partial charge is 0.423 e. The van der Waals surface area contributed by atoms with E-state index in [-0.39, 0.29) is 37.9 Å². The summed E-state index contributed by atoms with van der Waals surface area (Å²) in [6, 6.07) is 3.66. The highest BCUT2D eigenvalue weighted by Gasteiger charge is 2.41. The number of nitrogens with zero attached hydrogens (tertiary/aromatic N) is 1. The van der Waals surface area contributed by atoms with E-state index in [0.29, 0.717) is 5.56 Å². The zero-order valence-electron chi connectivity index (χ0n) is 11.3. The second kappa shape index (κ2) is 6.33. The zero-order chi connectivity index (χ0) is 15.6. The van der Waals surface area contributed by atoms with E-state index in [4.69, 9.17) is 0 Å². The molecule has 1 heterocycles. The lowest BCUT2D eigenvalue weighted by Gasteiger charge is -2.33. The van der Waals surface area contributed by atoms with Gasteiger partial charge in [0.1, 0.15) is 5.82 Å². The van der Waals surface area contributed by atoms with E-state index in [9.17, 15) is 27.6 Å². The highest BCUT2D eigenvalue weighted by Crippen LogP contribution is 2.34. The van der Waals surface area contributed by atoms with Gasteiger partial charge in [0.25, 0.3) is 0 Å². The van der Waals surface area contributed by atoms with Crippen molar-refractivity contribution in [2.75, 3.05) is 13.1 Å². The first-order valence-electron chi connectivity index (χ1n) is 6.71. The Morgan fingerprint density at radius 1 is 1.19 bits per heavy atom. The predicted molar refractivity (Wildman–Crippen MR) is 70.3 cm³/mol. The first-order valence-corrected chi connectivity index (χ1v) is 6.71. The number of hydrogen-bond donors (Lipinski definition) is 2. The van der Waals surface area contributed by atoms with Crippen LogP contribution in [-0.2, 0) is 6.54 Å². The molecule has 0 bridgehead atoms. The summed E-state index contributed by atoms with van der Waals surface area (Å²) < 4.78 is 50.9. The van der Waals surface area contributed by atoms with E-state index < -0.39 is 25.0 Å². The number of halogens is 4. The Morgan fingerprint density at radius 2 is 1.81 bits per heavy atom. The second-order valence-electron chi connectivity index (χ2n) is 5.31. The minimum atomic E-state index is -4.16. The third-order valence-corrected chi connectivity index (χ3v) is 3.83. The summed E-state index contributed by atoms with van der Waals surface area (Å²) >= 11 is 0. The lowest BCUT2D eigenvalue weighted by atomic mass is 9.76. The molecular weight excluding hydrogens is 289 g/mol. The lowest BCUT2D eigenvalue weighted by molar-refractivity contribution is -0.185. The molecule has 21 heavy (non-hydrogen) atoms. The van der Waals surface area contributed by atoms with Gasteiger partial charge in [0.2, 0.25) is 0 Å². The molecule has 1 aromatic carbocycles. The molecule has 0 spiro atoms. The fourth-order valence-electron chi connectivity index (χ4n) is 2.61. The molecule has 116 valence electrons. The second-order valence-corrected chi connectivity index (χ2v) is 5.31. The van der Waals surface area contributed by atoms with Crippen molar-refractivity contribution in [1.29, 1.82) is 0 Å². The van der Waals surface area contributed by atoms with E-state index in [0.717, 1.165) is 6.07 Å². The van der Waals surface area contributed by atoms with E-state index >= 15 is 0 Å². The van der Waals surface area contributed by atoms with Gasteiger partial charge in [0.15, 0.2) is 0 Å². The first kappa shape index (κ1) is 16.3. The predicted octanol–water partition coefficient (Wildman–Crippen LogP) is 1.28. The van der Waals surface area contributed by atoms with Crippen molar-refractivity contribution in [3.8, 4) is 0 Å². The first-order chi connectivity index (χ1) is 9.77. The van der Waals surface area contributed by atoms with Crippen LogP contribution < -0.4 is 5.46 Å². The van der Waals surface area contributed by atoms with Crippen LogP contribution >= 0.6 is 0 Å². The van der Waals surface area contributed by atoms with Crippen LogP contribution in [0.2, 0.25) is 0 Å². The summed E-state index contributed by atoms with van der Waals surface area (Å²) in [5.74, 6) is -1.86. The van der Waals surface area contributed by atoms with Crippen molar-refractivity contribution in [3.63, 3.8) is 0 Å². The average Bonchev–Trinajstić information content (AvgIpc) is 2.40. The highest BCUT2D eigenvalue weighted by molar-refractivity contribution is 6.59. The molecule has 8 heteroatoms. The standard InChI is InChI=1S/C13H16BF4NO2/c15-11-2-1-9(12(7-11)14(20)21)8-19-5-3-10(4-6-19)13(16,17)18/h1-2,7,10,20-21H,3-6,8H2. The summed E-state index contributed by atoms with van der Waals surface area (Å²) in [7, 11) is -1.80. The third-order valence-electron chi connectivity index (χ3n) is 3.83. The minimum Gasteiger partial charge on any atom is -0.423 e. The maximum Gasteiger partial charge on any atom is 0.488 e. The van der Waals surface area contributed by atoms with Gasteiger partial charge in [-0.15, -0.1) is 0 Å². The largest absolute Gasteiger partial charge is 0.488 e. The molecule has 1 saturated heterocycles. The Bertz CT molecular complexity index is 488. The monoisotopic (exact) mass is 305 g/mol. The van der Waals surface area contributed by atoms with Crippen molar-refractivity contribution >= 4 is 12.6 Å². The summed E-state index contributed by atoms with van der Waals surface area (Å²) in [5, 5.41) is 18.5. The Kier molecular flexibility index (Phi) is 4.90. The number of likely N-dealkylation sites (tertiary alicyclic amines) is 1. The van der Waals surface area contributed by atoms with Gasteiger partial charge < -0.3 is 10.0 Å². The summed E-state index contributed by atoms with van der Waals surface area (Å²) in [5.41, 5.74) is 0.560. The van der Waals surface area contributed by atoms with Crippen LogP contribution in [0.15, 0.2) is 18.2 Å². The molecule has 1 aliphatic rings. The Morgan fingerprint density at radius 3 is 2.33 bits per heavy atom. The molecule has 1 aromatic rings. The van der Waals surface area contributed by atoms with E-state index in [2.05, 4.69) is 0 Å². The molecule has 0 unspecified atom stereocenters. The topological polar surface area (TPSA) is 43.7 Å². The van der Waals surface area contributed by atoms with Crippen LogP contribution in [0.3, 0.4) is 0 Å². The summed E-state index contributed by atoms with van der Waals surface area (Å²) in [6.45, 7) is 0.836. The molecule has 1 aliphatic heterocycles. The van der Waals surface area contributed by atoms with Crippen molar-refractivity contribution in [1.82, 2.24) is 4.90 Å². The van der Waals surface area contributed by atoms with E-state index in [1.807, 2.05) is 0 Å². The van der Waals surface area contributed by atoms with Crippen LogP contribution in [0.25, 0.3) is 0 Å². The van der Waals surface area contributed by atoms with Gasteiger partial charge in [-0.3, -0.25) is 4.90 Å². The van der Waals surface area contributed by atoms with Crippen LogP contribution in [0.4, 0.5) is 17.6 Å². The number of alkyl halides is 3. The fraction of sp³-hybridized carbons (Fsp3) is 0.538. The minimum absolute atomic E-state index is 0.0295. The van der Waals surface area contributed by atoms with E-state index in [1.165, 1.54) is 12.1 Å². The highest BCUT2D eigenvalue weighted by atomic mass is 19.4. The number of piperidine rings is 1. The maximum absolute atomic E-state index is 13.1. The van der Waals surface area contributed by atoms with Gasteiger partial charge in [-0.05, 0) is 49.1 Å². The molecular formula is C13H16BF4NO2. The Labute approximate surface area is 120 Å². The fourth-order valence-corrected chi connectivity index (χ4v) is 2.61. The number of benzene rings is 1. The maximum atomic E-state index is 13.1. The quantitative estimate of drug-likeness (QED) is 0.653. The Hall–Kier alpha value is -1.12. The molecule has 0 radical (unpaired) electrons. The molecule has 0 aromatic heterocycles. The number of rotatable bonds is 3. The van der Waals surface area contributed by atoms with Crippen molar-refractivity contribution in [3.05, 3.63) is 29.6 Å². The molecule has 0 amide bonds. The van der Waals surface area contributed by atoms with Gasteiger partial charge in [0, 0.05) is 6.54 Å². The molecule has 3 nitrogen and oxygen atoms in total. The zero-order valence-corrected chi connectivity index (χ0v) is 11.3. The molecule has 2 rings (SSSR count). The third kappa shape index (κ3) is 4.18. The molecule has 1 fully saturated rings. The SMILES string of the molecule is OB(O)c1cc(F)ccc1CN1CCC(C(F)(F)F)CC1. The van der Waals surface area contributed by atoms with Crippen molar-refractivity contribution in [2.24, 2.45) is 5.92 Å². The van der Waals surface area contributed by atoms with Gasteiger partial charge >= 0.3 is 13.3 Å². The van der Waals surface area contributed by atoms with Gasteiger partial charge in [-0.1, -0.05) is 6.07 Å². The summed E-state index contributed by atoms with van der Waals surface area (Å²) in [6.07, 6.45) is -4.10. The molecule has 0 saturated carbocycles. The van der Waals surface area contributed by atoms with Crippen molar-refractivity contribution in [2.45, 2.75) is 25.6 Å². The lowest BCUT2D eigenvalue weighted by Crippen LogP contribution is -2.41. The van der Waals surface area contributed by atoms with Gasteiger partial charge in [-0.2, -0.15) is 13.2 Å². The average molecular weight is 305 g/mol. The van der Waals surface area contributed by atoms with Crippen LogP contribution in [0.5, 0.6) is 0 Å². The van der Waals surface area contributed by atoms with Crippen LogP contribution in [0.1, 0.15) is 18.4 Å². The van der Waals surface area contributed by atoms with Crippen LogP contribution in [0, 0.1) is 11.7 Å². The van der Waals surface area contributed by atoms with Crippen LogP contribution in [-0.4, -0.2) is 41.3 Å². The number of hydrogen-bond acceptors (Lipinski definition) is 3. The molecule has 2 N–H and O–H groups in total. The normalized spacial score (nSPS) is 18.0. The Balaban J connectivity index is 2.01. The molecule has 0 aliphatic carbocycles. The van der Waals surface area contributed by atoms with Crippen molar-refractivity contribution < 1.29 is 27.6 Å². The van der Waals surface area contributed by atoms with Gasteiger partial charge in [0.05, 0.1) is 5.92 Å².